The molecule has 0 radical (unpaired) electrons. The molecule has 0 bridgehead atoms. The number of cyclic esters (lactones) is 1. The van der Waals surface area contributed by atoms with Gasteiger partial charge in [0.15, 0.2) is 5.69 Å². The number of aromatic nitrogens is 3. The number of amides is 2. The van der Waals surface area contributed by atoms with Crippen LogP contribution in [0.25, 0.3) is 0 Å². The molecule has 3 aromatic rings. The van der Waals surface area contributed by atoms with Crippen LogP contribution in [0.15, 0.2) is 47.6 Å². The lowest BCUT2D eigenvalue weighted by Gasteiger charge is -2.28. The molecule has 0 atom stereocenters. The molecule has 12 heteroatoms. The van der Waals surface area contributed by atoms with Gasteiger partial charge in [-0.05, 0) is 29.8 Å². The molecule has 196 valence electrons. The third-order valence-corrected chi connectivity index (χ3v) is 6.40. The summed E-state index contributed by atoms with van der Waals surface area (Å²) in [6.07, 6.45) is 2.31. The van der Waals surface area contributed by atoms with Crippen LogP contribution in [0.5, 0.6) is 0 Å². The summed E-state index contributed by atoms with van der Waals surface area (Å²) in [6.45, 7) is 1.57. The number of aliphatic imine (C=N–C) groups is 1. The Morgan fingerprint density at radius 2 is 1.92 bits per heavy atom. The summed E-state index contributed by atoms with van der Waals surface area (Å²) in [6, 6.07) is 11.2. The minimum atomic E-state index is -0.391. The van der Waals surface area contributed by atoms with Gasteiger partial charge >= 0.3 is 5.97 Å². The van der Waals surface area contributed by atoms with Gasteiger partial charge in [0.05, 0.1) is 5.56 Å². The fourth-order valence-corrected chi connectivity index (χ4v) is 4.40. The van der Waals surface area contributed by atoms with E-state index in [9.17, 15) is 14.4 Å². The molecular weight excluding hydrogens is 488 g/mol. The highest BCUT2D eigenvalue weighted by molar-refractivity contribution is 6.01. The van der Waals surface area contributed by atoms with Gasteiger partial charge in [0, 0.05) is 70.3 Å². The lowest BCUT2D eigenvalue weighted by Crippen LogP contribution is -2.33. The molecule has 4 heterocycles. The van der Waals surface area contributed by atoms with Crippen molar-refractivity contribution in [1.82, 2.24) is 25.0 Å². The van der Waals surface area contributed by atoms with Crippen LogP contribution in [-0.4, -0.2) is 70.7 Å². The van der Waals surface area contributed by atoms with Crippen molar-refractivity contribution in [2.45, 2.75) is 19.5 Å². The number of nitrogens with one attached hydrogen (secondary N) is 2. The van der Waals surface area contributed by atoms with E-state index in [2.05, 4.69) is 30.6 Å². The number of ether oxygens (including phenoxy) is 1. The number of fused-ring (bicyclic) bond motifs is 1. The van der Waals surface area contributed by atoms with E-state index in [4.69, 9.17) is 4.74 Å². The van der Waals surface area contributed by atoms with Crippen molar-refractivity contribution in [2.24, 2.45) is 12.0 Å². The molecule has 2 aliphatic heterocycles. The van der Waals surface area contributed by atoms with Gasteiger partial charge in [-0.3, -0.25) is 14.3 Å². The van der Waals surface area contributed by atoms with E-state index in [0.717, 1.165) is 41.3 Å². The summed E-state index contributed by atoms with van der Waals surface area (Å²) in [5.41, 5.74) is 4.44. The van der Waals surface area contributed by atoms with Crippen molar-refractivity contribution in [2.75, 3.05) is 37.4 Å². The number of rotatable bonds is 6. The molecular formula is C26H28N8O4. The van der Waals surface area contributed by atoms with Crippen LogP contribution in [0.4, 0.5) is 11.5 Å². The van der Waals surface area contributed by atoms with Crippen LogP contribution < -0.4 is 15.5 Å². The molecule has 0 aliphatic carbocycles. The Morgan fingerprint density at radius 1 is 1.13 bits per heavy atom. The van der Waals surface area contributed by atoms with Gasteiger partial charge in [-0.25, -0.2) is 14.8 Å². The number of hydrogen-bond acceptors (Lipinski definition) is 9. The number of anilines is 2. The Kier molecular flexibility index (Phi) is 6.77. The SMILES string of the molecule is CN(C)C(=O)c1ccc(N2CCc3c(c(C(=O)NCc4ccc(NC5=NCC(=O)O5)cc4)nn3C)C2)nc1. The normalized spacial score (nSPS) is 14.4. The summed E-state index contributed by atoms with van der Waals surface area (Å²) in [5.74, 6) is -0.000594. The topological polar surface area (TPSA) is 134 Å². The number of esters is 1. The molecule has 2 amide bonds. The quantitative estimate of drug-likeness (QED) is 0.469. The zero-order chi connectivity index (χ0) is 26.8. The van der Waals surface area contributed by atoms with Gasteiger partial charge in [0.1, 0.15) is 12.4 Å². The van der Waals surface area contributed by atoms with E-state index in [1.807, 2.05) is 37.4 Å². The molecule has 2 aromatic heterocycles. The predicted molar refractivity (Wildman–Crippen MR) is 140 cm³/mol. The smallest absolute Gasteiger partial charge is 0.335 e. The number of carbonyl (C=O) groups excluding carboxylic acids is 3. The lowest BCUT2D eigenvalue weighted by atomic mass is 10.0. The Balaban J connectivity index is 1.23. The molecule has 2 aliphatic rings. The van der Waals surface area contributed by atoms with Gasteiger partial charge in [0.25, 0.3) is 17.8 Å². The highest BCUT2D eigenvalue weighted by Crippen LogP contribution is 2.26. The zero-order valence-electron chi connectivity index (χ0n) is 21.4. The number of amidine groups is 1. The lowest BCUT2D eigenvalue weighted by molar-refractivity contribution is -0.132. The maximum atomic E-state index is 13.1. The molecule has 2 N–H and O–H groups in total. The van der Waals surface area contributed by atoms with Crippen LogP contribution in [0.1, 0.15) is 37.7 Å². The fourth-order valence-electron chi connectivity index (χ4n) is 4.40. The molecule has 5 rings (SSSR count). The fraction of sp³-hybridized carbons (Fsp3) is 0.308. The Hall–Kier alpha value is -4.74. The highest BCUT2D eigenvalue weighted by Gasteiger charge is 2.28. The van der Waals surface area contributed by atoms with Crippen LogP contribution in [0.2, 0.25) is 0 Å². The van der Waals surface area contributed by atoms with Gasteiger partial charge in [0.2, 0.25) is 0 Å². The first-order valence-corrected chi connectivity index (χ1v) is 12.1. The zero-order valence-corrected chi connectivity index (χ0v) is 21.4. The molecule has 12 nitrogen and oxygen atoms in total. The first-order valence-electron chi connectivity index (χ1n) is 12.1. The number of nitrogens with zero attached hydrogens (tertiary/aromatic N) is 6. The van der Waals surface area contributed by atoms with E-state index < -0.39 is 5.97 Å². The van der Waals surface area contributed by atoms with E-state index in [1.54, 1.807) is 31.0 Å². The second-order valence-corrected chi connectivity index (χ2v) is 9.27. The van der Waals surface area contributed by atoms with E-state index in [-0.39, 0.29) is 24.4 Å². The van der Waals surface area contributed by atoms with Gasteiger partial charge in [-0.15, -0.1) is 0 Å². The number of aryl methyl sites for hydroxylation is 1. The van der Waals surface area contributed by atoms with Crippen LogP contribution in [0, 0.1) is 0 Å². The largest absolute Gasteiger partial charge is 0.391 e. The predicted octanol–water partition coefficient (Wildman–Crippen LogP) is 1.33. The Labute approximate surface area is 219 Å². The third-order valence-electron chi connectivity index (χ3n) is 6.40. The van der Waals surface area contributed by atoms with Crippen molar-refractivity contribution < 1.29 is 19.1 Å². The second kappa shape index (κ2) is 10.3. The average Bonchev–Trinajstić information content (AvgIpc) is 3.49. The van der Waals surface area contributed by atoms with Crippen LogP contribution in [0.3, 0.4) is 0 Å². The van der Waals surface area contributed by atoms with Crippen LogP contribution in [-0.2, 0) is 36.1 Å². The Morgan fingerprint density at radius 3 is 2.58 bits per heavy atom. The summed E-state index contributed by atoms with van der Waals surface area (Å²) in [4.78, 5) is 48.5. The summed E-state index contributed by atoms with van der Waals surface area (Å²) >= 11 is 0. The monoisotopic (exact) mass is 516 g/mol. The van der Waals surface area contributed by atoms with Gasteiger partial charge in [-0.2, -0.15) is 5.10 Å². The maximum Gasteiger partial charge on any atom is 0.335 e. The molecule has 0 spiro atoms. The number of hydrogen-bond donors (Lipinski definition) is 2. The minimum absolute atomic E-state index is 0.0159. The molecule has 38 heavy (non-hydrogen) atoms. The van der Waals surface area contributed by atoms with Crippen molar-refractivity contribution in [3.05, 3.63) is 70.7 Å². The third kappa shape index (κ3) is 5.19. The summed E-state index contributed by atoms with van der Waals surface area (Å²) < 4.78 is 6.71. The van der Waals surface area contributed by atoms with Crippen LogP contribution >= 0.6 is 0 Å². The van der Waals surface area contributed by atoms with E-state index in [1.165, 1.54) is 4.90 Å². The van der Waals surface area contributed by atoms with Gasteiger partial charge < -0.3 is 25.2 Å². The molecule has 0 fully saturated rings. The second-order valence-electron chi connectivity index (χ2n) is 9.27. The summed E-state index contributed by atoms with van der Waals surface area (Å²) in [5, 5.41) is 10.4. The van der Waals surface area contributed by atoms with Crippen molar-refractivity contribution in [3.63, 3.8) is 0 Å². The van der Waals surface area contributed by atoms with Gasteiger partial charge in [-0.1, -0.05) is 12.1 Å². The number of pyridine rings is 1. The Bertz CT molecular complexity index is 1410. The first kappa shape index (κ1) is 24.9. The maximum absolute atomic E-state index is 13.1. The summed E-state index contributed by atoms with van der Waals surface area (Å²) in [7, 11) is 5.26. The molecule has 0 saturated carbocycles. The molecule has 0 unspecified atom stereocenters. The molecule has 0 saturated heterocycles. The van der Waals surface area contributed by atoms with E-state index >= 15 is 0 Å². The first-order chi connectivity index (χ1) is 18.3. The highest BCUT2D eigenvalue weighted by atomic mass is 16.6. The number of carbonyl (C=O) groups is 3. The van der Waals surface area contributed by atoms with Crippen molar-refractivity contribution in [1.29, 1.82) is 0 Å². The van der Waals surface area contributed by atoms with Crippen molar-refractivity contribution in [3.8, 4) is 0 Å². The number of benzene rings is 1. The van der Waals surface area contributed by atoms with Crippen molar-refractivity contribution >= 4 is 35.3 Å². The molecule has 1 aromatic carbocycles. The van der Waals surface area contributed by atoms with E-state index in [0.29, 0.717) is 24.3 Å². The average molecular weight is 517 g/mol. The standard InChI is InChI=1S/C26H28N8O4/c1-32(2)25(37)17-6-9-21(27-13-17)34-11-10-20-19(15-34)23(31-33(20)3)24(36)28-12-16-4-7-18(8-5-16)30-26-29-14-22(35)38-26/h4-9,13H,10-12,14-15H2,1-3H3,(H,28,36)(H,29,30). The minimum Gasteiger partial charge on any atom is -0.391 e.